The first kappa shape index (κ1) is 15.5. The van der Waals surface area contributed by atoms with Gasteiger partial charge < -0.3 is 5.73 Å². The maximum absolute atomic E-state index is 6.63. The number of nitrogens with zero attached hydrogens (tertiary/aromatic N) is 3. The van der Waals surface area contributed by atoms with Crippen LogP contribution in [0, 0.1) is 0 Å². The minimum atomic E-state index is -0.323. The van der Waals surface area contributed by atoms with E-state index in [1.165, 1.54) is 6.42 Å². The molecule has 3 aromatic rings. The molecule has 4 rings (SSSR count). The minimum Gasteiger partial charge on any atom is -0.320 e. The zero-order valence-corrected chi connectivity index (χ0v) is 14.1. The van der Waals surface area contributed by atoms with Gasteiger partial charge in [0.25, 0.3) is 0 Å². The fourth-order valence-corrected chi connectivity index (χ4v) is 3.77. The third-order valence-corrected chi connectivity index (χ3v) is 5.18. The van der Waals surface area contributed by atoms with E-state index >= 15 is 0 Å². The summed E-state index contributed by atoms with van der Waals surface area (Å²) in [6.07, 6.45) is 10.9. The lowest BCUT2D eigenvalue weighted by atomic mass is 9.79. The van der Waals surface area contributed by atoms with Crippen molar-refractivity contribution in [1.82, 2.24) is 15.0 Å². The number of hydrogen-bond acceptors (Lipinski definition) is 4. The molecule has 3 heterocycles. The van der Waals surface area contributed by atoms with Crippen molar-refractivity contribution in [3.63, 3.8) is 0 Å². The number of pyridine rings is 3. The zero-order valence-electron chi connectivity index (χ0n) is 13.4. The molecule has 0 unspecified atom stereocenters. The predicted molar refractivity (Wildman–Crippen MR) is 96.7 cm³/mol. The van der Waals surface area contributed by atoms with Gasteiger partial charge in [0, 0.05) is 34.9 Å². The molecule has 5 heteroatoms. The van der Waals surface area contributed by atoms with Crippen LogP contribution in [0.1, 0.15) is 37.8 Å². The highest BCUT2D eigenvalue weighted by atomic mass is 35.5. The van der Waals surface area contributed by atoms with E-state index in [2.05, 4.69) is 21.0 Å². The Kier molecular flexibility index (Phi) is 3.94. The molecule has 0 aromatic carbocycles. The molecule has 0 radical (unpaired) electrons. The van der Waals surface area contributed by atoms with Crippen LogP contribution in [0.3, 0.4) is 0 Å². The lowest BCUT2D eigenvalue weighted by Crippen LogP contribution is -2.39. The quantitative estimate of drug-likeness (QED) is 0.700. The van der Waals surface area contributed by atoms with Gasteiger partial charge in [0.1, 0.15) is 5.15 Å². The predicted octanol–water partition coefficient (Wildman–Crippen LogP) is 4.46. The normalized spacial score (nSPS) is 17.1. The second-order valence-electron chi connectivity index (χ2n) is 6.54. The van der Waals surface area contributed by atoms with Crippen LogP contribution in [0.2, 0.25) is 5.15 Å². The molecule has 1 aliphatic rings. The van der Waals surface area contributed by atoms with Crippen LogP contribution < -0.4 is 5.73 Å². The Balaban J connectivity index is 1.79. The highest BCUT2D eigenvalue weighted by molar-refractivity contribution is 6.34. The molecule has 0 spiro atoms. The molecule has 1 saturated carbocycles. The van der Waals surface area contributed by atoms with Crippen LogP contribution in [-0.4, -0.2) is 15.0 Å². The molecule has 0 bridgehead atoms. The highest BCUT2D eigenvalue weighted by Gasteiger charge is 2.30. The van der Waals surface area contributed by atoms with E-state index in [1.807, 2.05) is 24.4 Å². The average Bonchev–Trinajstić information content (AvgIpc) is 2.62. The summed E-state index contributed by atoms with van der Waals surface area (Å²) >= 11 is 6.35. The van der Waals surface area contributed by atoms with Crippen molar-refractivity contribution < 1.29 is 0 Å². The Hall–Kier alpha value is -2.04. The van der Waals surface area contributed by atoms with Crippen LogP contribution >= 0.6 is 11.6 Å². The Morgan fingerprint density at radius 1 is 1.04 bits per heavy atom. The Bertz CT molecular complexity index is 887. The summed E-state index contributed by atoms with van der Waals surface area (Å²) in [7, 11) is 0. The summed E-state index contributed by atoms with van der Waals surface area (Å²) in [4.78, 5) is 13.3. The molecule has 1 fully saturated rings. The third-order valence-electron chi connectivity index (χ3n) is 4.90. The maximum atomic E-state index is 6.63. The number of halogens is 1. The van der Waals surface area contributed by atoms with Crippen molar-refractivity contribution >= 4 is 22.4 Å². The van der Waals surface area contributed by atoms with Crippen LogP contribution in [0.25, 0.3) is 22.0 Å². The molecular formula is C19H19ClN4. The second-order valence-corrected chi connectivity index (χ2v) is 6.90. The average molecular weight is 339 g/mol. The van der Waals surface area contributed by atoms with E-state index < -0.39 is 0 Å². The van der Waals surface area contributed by atoms with Gasteiger partial charge >= 0.3 is 0 Å². The van der Waals surface area contributed by atoms with E-state index in [0.29, 0.717) is 5.15 Å². The molecule has 2 N–H and O–H groups in total. The fraction of sp³-hybridized carbons (Fsp3) is 0.316. The van der Waals surface area contributed by atoms with E-state index in [1.54, 1.807) is 12.4 Å². The van der Waals surface area contributed by atoms with Crippen molar-refractivity contribution in [1.29, 1.82) is 0 Å². The summed E-state index contributed by atoms with van der Waals surface area (Å²) in [6, 6.07) is 7.91. The topological polar surface area (TPSA) is 64.7 Å². The molecule has 4 nitrogen and oxygen atoms in total. The van der Waals surface area contributed by atoms with Gasteiger partial charge in [0.05, 0.1) is 16.9 Å². The van der Waals surface area contributed by atoms with E-state index in [-0.39, 0.29) is 5.54 Å². The number of hydrogen-bond donors (Lipinski definition) is 1. The number of aromatic nitrogens is 3. The van der Waals surface area contributed by atoms with Gasteiger partial charge in [-0.3, -0.25) is 9.97 Å². The van der Waals surface area contributed by atoms with Gasteiger partial charge in [0.2, 0.25) is 0 Å². The largest absolute Gasteiger partial charge is 0.320 e. The summed E-state index contributed by atoms with van der Waals surface area (Å²) in [5.41, 5.74) is 9.07. The van der Waals surface area contributed by atoms with Crippen molar-refractivity contribution in [2.75, 3.05) is 0 Å². The van der Waals surface area contributed by atoms with Crippen LogP contribution in [0.5, 0.6) is 0 Å². The van der Waals surface area contributed by atoms with Crippen molar-refractivity contribution in [2.24, 2.45) is 5.73 Å². The lowest BCUT2D eigenvalue weighted by Gasteiger charge is -2.33. The van der Waals surface area contributed by atoms with Crippen molar-refractivity contribution in [3.05, 3.63) is 53.7 Å². The Morgan fingerprint density at radius 2 is 1.88 bits per heavy atom. The number of rotatable bonds is 2. The monoisotopic (exact) mass is 338 g/mol. The molecule has 0 atom stereocenters. The second kappa shape index (κ2) is 6.11. The molecule has 122 valence electrons. The van der Waals surface area contributed by atoms with Gasteiger partial charge in [-0.2, -0.15) is 0 Å². The van der Waals surface area contributed by atoms with Gasteiger partial charge in [0.15, 0.2) is 0 Å². The van der Waals surface area contributed by atoms with Gasteiger partial charge in [-0.1, -0.05) is 30.9 Å². The van der Waals surface area contributed by atoms with E-state index in [4.69, 9.17) is 17.3 Å². The molecular weight excluding hydrogens is 320 g/mol. The first-order valence-electron chi connectivity index (χ1n) is 8.32. The maximum Gasteiger partial charge on any atom is 0.137 e. The summed E-state index contributed by atoms with van der Waals surface area (Å²) in [5, 5.41) is 2.38. The smallest absolute Gasteiger partial charge is 0.137 e. The summed E-state index contributed by atoms with van der Waals surface area (Å²) in [6.45, 7) is 0. The summed E-state index contributed by atoms with van der Waals surface area (Å²) < 4.78 is 0. The third kappa shape index (κ3) is 2.76. The molecule has 1 aliphatic carbocycles. The Morgan fingerprint density at radius 3 is 2.71 bits per heavy atom. The summed E-state index contributed by atoms with van der Waals surface area (Å²) in [5.74, 6) is 0. The number of fused-ring (bicyclic) bond motifs is 1. The Labute approximate surface area is 146 Å². The molecule has 0 aliphatic heterocycles. The molecule has 0 amide bonds. The molecule has 3 aromatic heterocycles. The lowest BCUT2D eigenvalue weighted by molar-refractivity contribution is 0.295. The van der Waals surface area contributed by atoms with E-state index in [9.17, 15) is 0 Å². The van der Waals surface area contributed by atoms with Crippen molar-refractivity contribution in [2.45, 2.75) is 37.6 Å². The van der Waals surface area contributed by atoms with Gasteiger partial charge in [-0.05, 0) is 37.1 Å². The first-order chi connectivity index (χ1) is 11.7. The highest BCUT2D eigenvalue weighted by Crippen LogP contribution is 2.35. The van der Waals surface area contributed by atoms with Gasteiger partial charge in [-0.15, -0.1) is 0 Å². The zero-order chi connectivity index (χ0) is 16.6. The first-order valence-corrected chi connectivity index (χ1v) is 8.70. The molecule has 24 heavy (non-hydrogen) atoms. The van der Waals surface area contributed by atoms with Crippen molar-refractivity contribution in [3.8, 4) is 11.3 Å². The van der Waals surface area contributed by atoms with E-state index in [0.717, 1.165) is 53.4 Å². The van der Waals surface area contributed by atoms with Gasteiger partial charge in [-0.25, -0.2) is 4.98 Å². The minimum absolute atomic E-state index is 0.323. The van der Waals surface area contributed by atoms with Crippen LogP contribution in [-0.2, 0) is 5.54 Å². The molecule has 0 saturated heterocycles. The standard InChI is InChI=1S/C19H19ClN4/c20-18-15-5-8-22-12-14(15)10-16(24-18)13-4-9-23-17(11-13)19(21)6-2-1-3-7-19/h4-5,8-12H,1-3,6-7,21H2. The fourth-order valence-electron chi connectivity index (χ4n) is 3.50. The number of nitrogens with two attached hydrogens (primary N) is 1. The van der Waals surface area contributed by atoms with Crippen LogP contribution in [0.15, 0.2) is 42.9 Å². The SMILES string of the molecule is NC1(c2cc(-c3cc4cnccc4c(Cl)n3)ccn2)CCCCC1. The van der Waals surface area contributed by atoms with Crippen LogP contribution in [0.4, 0.5) is 0 Å².